The van der Waals surface area contributed by atoms with E-state index in [1.54, 1.807) is 18.8 Å². The molecule has 2 aliphatic heterocycles. The first-order valence-electron chi connectivity index (χ1n) is 22.4. The molecule has 2 amide bonds. The molecule has 0 bridgehead atoms. The van der Waals surface area contributed by atoms with Crippen LogP contribution in [0.1, 0.15) is 105 Å². The van der Waals surface area contributed by atoms with Crippen molar-refractivity contribution < 1.29 is 27.8 Å². The van der Waals surface area contributed by atoms with Gasteiger partial charge < -0.3 is 29.1 Å². The quantitative estimate of drug-likeness (QED) is 0.147. The van der Waals surface area contributed by atoms with Crippen LogP contribution in [0.4, 0.5) is 8.78 Å². The zero-order valence-electron chi connectivity index (χ0n) is 38.5. The highest BCUT2D eigenvalue weighted by molar-refractivity contribution is 6.32. The molecule has 2 aromatic carbocycles. The number of ether oxygens (including phenoxy) is 2. The molecule has 2 fully saturated rings. The molecule has 0 spiro atoms. The summed E-state index contributed by atoms with van der Waals surface area (Å²) >= 11 is 12.7. The number of nitrogens with zero attached hydrogens (tertiary/aromatic N) is 10. The lowest BCUT2D eigenvalue weighted by Gasteiger charge is -2.22. The summed E-state index contributed by atoms with van der Waals surface area (Å²) < 4.78 is 44.0. The van der Waals surface area contributed by atoms with E-state index in [0.717, 1.165) is 95.1 Å². The Morgan fingerprint density at radius 2 is 1.02 bits per heavy atom. The minimum absolute atomic E-state index is 0.0364. The van der Waals surface area contributed by atoms with Gasteiger partial charge in [0.25, 0.3) is 11.8 Å². The first-order chi connectivity index (χ1) is 31.4. The summed E-state index contributed by atoms with van der Waals surface area (Å²) in [6, 6.07) is 9.14. The molecular formula is C48H54Cl2F2N10O4. The molecule has 14 nitrogen and oxygen atoms in total. The summed E-state index contributed by atoms with van der Waals surface area (Å²) in [4.78, 5) is 43.9. The predicted molar refractivity (Wildman–Crippen MR) is 246 cm³/mol. The van der Waals surface area contributed by atoms with Crippen molar-refractivity contribution in [1.29, 1.82) is 0 Å². The highest BCUT2D eigenvalue weighted by Gasteiger charge is 2.36. The summed E-state index contributed by atoms with van der Waals surface area (Å²) in [5.74, 6) is -0.632. The number of hydrogen-bond acceptors (Lipinski definition) is 10. The van der Waals surface area contributed by atoms with Crippen LogP contribution >= 0.6 is 23.2 Å². The lowest BCUT2D eigenvalue weighted by atomic mass is 10.1. The summed E-state index contributed by atoms with van der Waals surface area (Å²) in [6.07, 6.45) is 5.45. The lowest BCUT2D eigenvalue weighted by molar-refractivity contribution is 0.0734. The van der Waals surface area contributed by atoms with Gasteiger partial charge in [-0.3, -0.25) is 9.59 Å². The largest absolute Gasteiger partial charge is 0.489 e. The normalized spacial score (nSPS) is 20.2. The molecule has 66 heavy (non-hydrogen) atoms. The van der Waals surface area contributed by atoms with Gasteiger partial charge in [0.1, 0.15) is 35.3 Å². The number of benzene rings is 2. The van der Waals surface area contributed by atoms with Crippen LogP contribution < -0.4 is 9.47 Å². The van der Waals surface area contributed by atoms with Crippen LogP contribution in [-0.4, -0.2) is 113 Å². The molecule has 6 aromatic rings. The standard InChI is InChI=1S/2C24H27ClFN5O2/c2*1-13-22(25)14(2)31-23(27-13)19-11-30(12-20(19)28-31)24(32)18-8-5-15(26)9-21(18)33-17-7-6-16(10-17)29(3)4/h2*5,8-9,16-17H,6-7,10-12H2,1-4H3/t16-,17+;16-,17-/m10/s1. The van der Waals surface area contributed by atoms with Crippen molar-refractivity contribution in [3.05, 3.63) is 114 Å². The van der Waals surface area contributed by atoms with Crippen molar-refractivity contribution >= 4 is 46.3 Å². The average Bonchev–Trinajstić information content (AvgIpc) is 4.14. The number of carbonyl (C=O) groups is 2. The van der Waals surface area contributed by atoms with Gasteiger partial charge >= 0.3 is 0 Å². The molecule has 2 aliphatic carbocycles. The Bertz CT molecular complexity index is 2710. The average molecular weight is 944 g/mol. The first kappa shape index (κ1) is 45.7. The van der Waals surface area contributed by atoms with Gasteiger partial charge in [-0.05, 0) is 119 Å². The van der Waals surface area contributed by atoms with Crippen LogP contribution in [0.3, 0.4) is 0 Å². The predicted octanol–water partition coefficient (Wildman–Crippen LogP) is 8.31. The van der Waals surface area contributed by atoms with E-state index in [1.807, 2.05) is 27.7 Å². The summed E-state index contributed by atoms with van der Waals surface area (Å²) in [6.45, 7) is 9.01. The van der Waals surface area contributed by atoms with Gasteiger partial charge in [-0.2, -0.15) is 10.2 Å². The number of fused-ring (bicyclic) bond motifs is 6. The third kappa shape index (κ3) is 8.57. The Kier molecular flexibility index (Phi) is 12.5. The first-order valence-corrected chi connectivity index (χ1v) is 23.1. The molecule has 0 radical (unpaired) electrons. The fourth-order valence-electron chi connectivity index (χ4n) is 9.74. The Balaban J connectivity index is 0.000000166. The molecule has 6 heterocycles. The maximum atomic E-state index is 14.1. The summed E-state index contributed by atoms with van der Waals surface area (Å²) in [5.41, 5.74) is 8.73. The second-order valence-corrected chi connectivity index (χ2v) is 19.2. The Morgan fingerprint density at radius 1 is 0.621 bits per heavy atom. The lowest BCUT2D eigenvalue weighted by Crippen LogP contribution is -2.28. The maximum Gasteiger partial charge on any atom is 0.258 e. The minimum atomic E-state index is -0.418. The third-order valence-electron chi connectivity index (χ3n) is 13.6. The molecule has 4 atom stereocenters. The number of amides is 2. The molecule has 2 saturated carbocycles. The fourth-order valence-corrected chi connectivity index (χ4v) is 9.99. The number of aromatic nitrogens is 6. The fraction of sp³-hybridized carbons (Fsp3) is 0.458. The molecule has 4 aliphatic rings. The van der Waals surface area contributed by atoms with Crippen LogP contribution in [0.2, 0.25) is 10.0 Å². The number of aryl methyl sites for hydroxylation is 4. The van der Waals surface area contributed by atoms with Crippen molar-refractivity contribution in [2.24, 2.45) is 0 Å². The molecule has 18 heteroatoms. The second kappa shape index (κ2) is 18.0. The van der Waals surface area contributed by atoms with Crippen molar-refractivity contribution in [2.45, 2.75) is 117 Å². The van der Waals surface area contributed by atoms with E-state index in [1.165, 1.54) is 36.4 Å². The minimum Gasteiger partial charge on any atom is -0.489 e. The summed E-state index contributed by atoms with van der Waals surface area (Å²) in [7, 11) is 8.21. The van der Waals surface area contributed by atoms with Crippen LogP contribution in [-0.2, 0) is 26.2 Å². The third-order valence-corrected chi connectivity index (χ3v) is 14.7. The van der Waals surface area contributed by atoms with Crippen molar-refractivity contribution in [3.8, 4) is 11.5 Å². The smallest absolute Gasteiger partial charge is 0.258 e. The topological polar surface area (TPSA) is 126 Å². The van der Waals surface area contributed by atoms with Crippen molar-refractivity contribution in [2.75, 3.05) is 28.2 Å². The molecular weight excluding hydrogens is 889 g/mol. The molecule has 0 saturated heterocycles. The van der Waals surface area contributed by atoms with Gasteiger partial charge in [-0.1, -0.05) is 23.2 Å². The van der Waals surface area contributed by atoms with E-state index in [9.17, 15) is 18.4 Å². The molecule has 348 valence electrons. The monoisotopic (exact) mass is 942 g/mol. The molecule has 4 aromatic heterocycles. The number of halogens is 4. The van der Waals surface area contributed by atoms with Gasteiger partial charge in [0.15, 0.2) is 11.3 Å². The Hall–Kier alpha value is -5.42. The van der Waals surface area contributed by atoms with Crippen LogP contribution in [0.5, 0.6) is 11.5 Å². The van der Waals surface area contributed by atoms with Crippen LogP contribution in [0, 0.1) is 39.3 Å². The number of carbonyl (C=O) groups excluding carboxylic acids is 2. The Labute approximate surface area is 392 Å². The van der Waals surface area contributed by atoms with Gasteiger partial charge in [0.05, 0.1) is 81.5 Å². The van der Waals surface area contributed by atoms with E-state index >= 15 is 0 Å². The zero-order valence-corrected chi connectivity index (χ0v) is 40.0. The molecule has 0 unspecified atom stereocenters. The Morgan fingerprint density at radius 3 is 1.38 bits per heavy atom. The highest BCUT2D eigenvalue weighted by Crippen LogP contribution is 2.36. The van der Waals surface area contributed by atoms with E-state index in [4.69, 9.17) is 32.7 Å². The van der Waals surface area contributed by atoms with Crippen LogP contribution in [0.15, 0.2) is 36.4 Å². The maximum absolute atomic E-state index is 14.1. The second-order valence-electron chi connectivity index (χ2n) is 18.5. The van der Waals surface area contributed by atoms with Crippen LogP contribution in [0.25, 0.3) is 11.3 Å². The van der Waals surface area contributed by atoms with E-state index in [2.05, 4.69) is 58.2 Å². The summed E-state index contributed by atoms with van der Waals surface area (Å²) in [5, 5.41) is 10.5. The van der Waals surface area contributed by atoms with E-state index in [0.29, 0.717) is 70.9 Å². The van der Waals surface area contributed by atoms with Crippen molar-refractivity contribution in [1.82, 2.24) is 48.8 Å². The van der Waals surface area contributed by atoms with Gasteiger partial charge in [-0.15, -0.1) is 0 Å². The molecule has 0 N–H and O–H groups in total. The van der Waals surface area contributed by atoms with Gasteiger partial charge in [-0.25, -0.2) is 27.8 Å². The highest BCUT2D eigenvalue weighted by atomic mass is 35.5. The zero-order chi connectivity index (χ0) is 46.9. The SMILES string of the molecule is Cc1nc2c3c(nn2c(C)c1Cl)CN(C(=O)c1ccc(F)cc1O[C@H]1CC[C@@H](N(C)C)C1)C3.Cc1nc2c3c(nn2c(C)c1Cl)CN(C(=O)c1ccc(F)cc1O[C@H]1CC[C@H](N(C)C)C1)C3. The number of hydrogen-bond donors (Lipinski definition) is 0. The molecule has 10 rings (SSSR count). The van der Waals surface area contributed by atoms with E-state index < -0.39 is 11.6 Å². The van der Waals surface area contributed by atoms with E-state index in [-0.39, 0.29) is 24.0 Å². The van der Waals surface area contributed by atoms with Gasteiger partial charge in [0.2, 0.25) is 0 Å². The van der Waals surface area contributed by atoms with Crippen molar-refractivity contribution in [3.63, 3.8) is 0 Å². The number of rotatable bonds is 8. The van der Waals surface area contributed by atoms with Gasteiger partial charge in [0, 0.05) is 35.3 Å².